The summed E-state index contributed by atoms with van der Waals surface area (Å²) in [7, 11) is 0. The van der Waals surface area contributed by atoms with Crippen LogP contribution in [0.5, 0.6) is 0 Å². The van der Waals surface area contributed by atoms with Crippen LogP contribution in [0.3, 0.4) is 0 Å². The molecule has 1 N–H and O–H groups in total. The number of halogens is 1. The highest BCUT2D eigenvalue weighted by Crippen LogP contribution is 2.24. The minimum atomic E-state index is -1.03. The third-order valence-corrected chi connectivity index (χ3v) is 3.13. The van der Waals surface area contributed by atoms with Gasteiger partial charge in [0.25, 0.3) is 11.3 Å². The number of nitrogens with zero attached hydrogens (tertiary/aromatic N) is 3. The maximum Gasteiger partial charge on any atom is 0.305 e. The molecule has 0 bridgehead atoms. The van der Waals surface area contributed by atoms with Crippen LogP contribution < -0.4 is 5.56 Å². The zero-order valence-electron chi connectivity index (χ0n) is 11.2. The number of benzene rings is 1. The number of hydrogen-bond donors (Lipinski definition) is 1. The van der Waals surface area contributed by atoms with E-state index in [0.717, 1.165) is 4.57 Å². The Morgan fingerprint density at radius 3 is 2.95 bits per heavy atom. The van der Waals surface area contributed by atoms with Crippen molar-refractivity contribution in [2.75, 3.05) is 0 Å². The molecule has 0 aliphatic carbocycles. The minimum absolute atomic E-state index is 0.0229. The summed E-state index contributed by atoms with van der Waals surface area (Å²) >= 11 is 0. The topological polar surface area (TPSA) is 98.2 Å². The first-order valence-electron chi connectivity index (χ1n) is 6.39. The molecular weight excluding hydrogens is 293 g/mol. The summed E-state index contributed by atoms with van der Waals surface area (Å²) in [5.41, 5.74) is 0.105. The molecule has 0 aliphatic rings. The second-order valence-corrected chi connectivity index (χ2v) is 4.61. The van der Waals surface area contributed by atoms with Gasteiger partial charge in [-0.25, -0.2) is 9.37 Å². The van der Waals surface area contributed by atoms with Gasteiger partial charge in [0, 0.05) is 12.1 Å². The molecule has 7 nitrogen and oxygen atoms in total. The number of aliphatic carboxylic acids is 1. The van der Waals surface area contributed by atoms with E-state index in [0.29, 0.717) is 5.56 Å². The predicted molar refractivity (Wildman–Crippen MR) is 73.7 cm³/mol. The molecule has 8 heteroatoms. The molecule has 2 aromatic heterocycles. The normalized spacial score (nSPS) is 11.0. The van der Waals surface area contributed by atoms with E-state index in [4.69, 9.17) is 9.63 Å². The SMILES string of the molecule is O=C(O)CCn1cnc2onc(-c3cccc(F)c3)c2c1=O. The van der Waals surface area contributed by atoms with Gasteiger partial charge in [-0.15, -0.1) is 0 Å². The molecule has 0 spiro atoms. The Labute approximate surface area is 122 Å². The van der Waals surface area contributed by atoms with E-state index in [9.17, 15) is 14.0 Å². The molecule has 0 radical (unpaired) electrons. The molecule has 0 saturated heterocycles. The first-order valence-corrected chi connectivity index (χ1v) is 6.39. The maximum absolute atomic E-state index is 13.3. The molecule has 0 saturated carbocycles. The summed E-state index contributed by atoms with van der Waals surface area (Å²) in [5.74, 6) is -1.49. The van der Waals surface area contributed by atoms with E-state index in [2.05, 4.69) is 10.1 Å². The molecule has 2 heterocycles. The zero-order valence-corrected chi connectivity index (χ0v) is 11.2. The molecule has 0 amide bonds. The van der Waals surface area contributed by atoms with Gasteiger partial charge in [-0.3, -0.25) is 14.2 Å². The lowest BCUT2D eigenvalue weighted by molar-refractivity contribution is -0.137. The molecule has 0 fully saturated rings. The number of rotatable bonds is 4. The Bertz CT molecular complexity index is 916. The maximum atomic E-state index is 13.3. The van der Waals surface area contributed by atoms with Crippen molar-refractivity contribution in [1.82, 2.24) is 14.7 Å². The van der Waals surface area contributed by atoms with Crippen LogP contribution in [0.1, 0.15) is 6.42 Å². The summed E-state index contributed by atoms with van der Waals surface area (Å²) in [6, 6.07) is 5.58. The smallest absolute Gasteiger partial charge is 0.305 e. The second-order valence-electron chi connectivity index (χ2n) is 4.61. The number of hydrogen-bond acceptors (Lipinski definition) is 5. The van der Waals surface area contributed by atoms with E-state index in [1.165, 1.54) is 24.5 Å². The molecule has 0 aliphatic heterocycles. The fourth-order valence-corrected chi connectivity index (χ4v) is 2.09. The van der Waals surface area contributed by atoms with Crippen LogP contribution in [0.4, 0.5) is 4.39 Å². The number of aryl methyl sites for hydroxylation is 1. The summed E-state index contributed by atoms with van der Waals surface area (Å²) in [5, 5.41) is 12.6. The van der Waals surface area contributed by atoms with Gasteiger partial charge in [0.05, 0.1) is 6.42 Å². The van der Waals surface area contributed by atoms with Crippen molar-refractivity contribution in [3.05, 3.63) is 46.8 Å². The van der Waals surface area contributed by atoms with Gasteiger partial charge in [-0.1, -0.05) is 17.3 Å². The van der Waals surface area contributed by atoms with Crippen molar-refractivity contribution < 1.29 is 18.8 Å². The van der Waals surface area contributed by atoms with Crippen LogP contribution in [0.25, 0.3) is 22.4 Å². The Morgan fingerprint density at radius 1 is 1.41 bits per heavy atom. The molecule has 3 rings (SSSR count). The van der Waals surface area contributed by atoms with E-state index >= 15 is 0 Å². The van der Waals surface area contributed by atoms with Gasteiger partial charge in [-0.2, -0.15) is 0 Å². The van der Waals surface area contributed by atoms with Crippen LogP contribution in [-0.2, 0) is 11.3 Å². The standard InChI is InChI=1S/C14H10FN3O4/c15-9-3-1-2-8(6-9)12-11-13(22-17-12)16-7-18(14(11)21)5-4-10(19)20/h1-3,6-7H,4-5H2,(H,19,20). The second kappa shape index (κ2) is 5.40. The van der Waals surface area contributed by atoms with E-state index < -0.39 is 17.3 Å². The fourth-order valence-electron chi connectivity index (χ4n) is 2.09. The van der Waals surface area contributed by atoms with Gasteiger partial charge >= 0.3 is 5.97 Å². The number of carbonyl (C=O) groups is 1. The van der Waals surface area contributed by atoms with Crippen molar-refractivity contribution >= 4 is 17.1 Å². The summed E-state index contributed by atoms with van der Waals surface area (Å²) < 4.78 is 19.5. The Balaban J connectivity index is 2.15. The molecule has 22 heavy (non-hydrogen) atoms. The lowest BCUT2D eigenvalue weighted by atomic mass is 10.1. The minimum Gasteiger partial charge on any atom is -0.481 e. The third-order valence-electron chi connectivity index (χ3n) is 3.13. The van der Waals surface area contributed by atoms with Gasteiger partial charge in [0.2, 0.25) is 0 Å². The van der Waals surface area contributed by atoms with Crippen LogP contribution in [0.2, 0.25) is 0 Å². The van der Waals surface area contributed by atoms with Crippen molar-refractivity contribution in [2.45, 2.75) is 13.0 Å². The molecule has 112 valence electrons. The first kappa shape index (κ1) is 13.9. The van der Waals surface area contributed by atoms with Crippen molar-refractivity contribution in [1.29, 1.82) is 0 Å². The van der Waals surface area contributed by atoms with Crippen molar-refractivity contribution in [3.63, 3.8) is 0 Å². The van der Waals surface area contributed by atoms with E-state index in [1.807, 2.05) is 0 Å². The van der Waals surface area contributed by atoms with Gasteiger partial charge in [-0.05, 0) is 12.1 Å². The first-order chi connectivity index (χ1) is 10.6. The van der Waals surface area contributed by atoms with Crippen LogP contribution in [0, 0.1) is 5.82 Å². The molecular formula is C14H10FN3O4. The van der Waals surface area contributed by atoms with E-state index in [1.54, 1.807) is 6.07 Å². The molecule has 0 atom stereocenters. The number of carboxylic acids is 1. The van der Waals surface area contributed by atoms with Gasteiger partial charge in [0.15, 0.2) is 0 Å². The van der Waals surface area contributed by atoms with Crippen LogP contribution in [0.15, 0.2) is 39.9 Å². The lowest BCUT2D eigenvalue weighted by Gasteiger charge is -2.02. The van der Waals surface area contributed by atoms with Gasteiger partial charge < -0.3 is 9.63 Å². The van der Waals surface area contributed by atoms with Crippen molar-refractivity contribution in [3.8, 4) is 11.3 Å². The highest BCUT2D eigenvalue weighted by atomic mass is 19.1. The predicted octanol–water partition coefficient (Wildman–Crippen LogP) is 1.67. The fraction of sp³-hybridized carbons (Fsp3) is 0.143. The average Bonchev–Trinajstić information content (AvgIpc) is 2.91. The average molecular weight is 303 g/mol. The highest BCUT2D eigenvalue weighted by molar-refractivity contribution is 5.88. The quantitative estimate of drug-likeness (QED) is 0.787. The van der Waals surface area contributed by atoms with Crippen molar-refractivity contribution in [2.24, 2.45) is 0 Å². The highest BCUT2D eigenvalue weighted by Gasteiger charge is 2.17. The monoisotopic (exact) mass is 303 g/mol. The lowest BCUT2D eigenvalue weighted by Crippen LogP contribution is -2.21. The number of carboxylic acid groups (broad SMARTS) is 1. The third kappa shape index (κ3) is 2.46. The molecule has 3 aromatic rings. The molecule has 0 unspecified atom stereocenters. The Morgan fingerprint density at radius 2 is 2.23 bits per heavy atom. The summed E-state index contributed by atoms with van der Waals surface area (Å²) in [6.07, 6.45) is 0.988. The summed E-state index contributed by atoms with van der Waals surface area (Å²) in [6.45, 7) is -0.0229. The largest absolute Gasteiger partial charge is 0.481 e. The van der Waals surface area contributed by atoms with Crippen LogP contribution >= 0.6 is 0 Å². The number of fused-ring (bicyclic) bond motifs is 1. The van der Waals surface area contributed by atoms with E-state index in [-0.39, 0.29) is 29.8 Å². The Kier molecular flexibility index (Phi) is 3.42. The Hall–Kier alpha value is -3.03. The van der Waals surface area contributed by atoms with Gasteiger partial charge in [0.1, 0.15) is 23.2 Å². The molecule has 1 aromatic carbocycles. The van der Waals surface area contributed by atoms with Crippen LogP contribution in [-0.4, -0.2) is 25.8 Å². The number of aromatic nitrogens is 3. The summed E-state index contributed by atoms with van der Waals surface area (Å²) in [4.78, 5) is 27.0. The zero-order chi connectivity index (χ0) is 15.7.